The van der Waals surface area contributed by atoms with E-state index < -0.39 is 14.8 Å². The van der Waals surface area contributed by atoms with Gasteiger partial charge in [-0.25, -0.2) is 8.42 Å². The molecule has 25 heavy (non-hydrogen) atoms. The van der Waals surface area contributed by atoms with Gasteiger partial charge in [-0.2, -0.15) is 0 Å². The molecule has 2 N–H and O–H groups in total. The summed E-state index contributed by atoms with van der Waals surface area (Å²) in [4.78, 5) is 16.3. The van der Waals surface area contributed by atoms with Crippen molar-refractivity contribution in [2.75, 3.05) is 25.4 Å². The van der Waals surface area contributed by atoms with Crippen molar-refractivity contribution >= 4 is 45.5 Å². The van der Waals surface area contributed by atoms with Crippen LogP contribution in [-0.2, 0) is 9.84 Å². The third-order valence-electron chi connectivity index (χ3n) is 3.97. The standard InChI is InChI=1S/C15H22N4O4S.HI/c16-15(18-10-3-1-2-4-11-18)17-9-12-24(22,23)14-7-5-13(6-8-14)19(20)21;/h5-8H,1-4,9-12H2,(H2,16,17);1H. The fraction of sp³-hybridized carbons (Fsp3) is 0.533. The number of nitrogens with two attached hydrogens (primary N) is 1. The maximum absolute atomic E-state index is 12.2. The molecule has 140 valence electrons. The van der Waals surface area contributed by atoms with Gasteiger partial charge in [0.1, 0.15) is 0 Å². The average Bonchev–Trinajstić information content (AvgIpc) is 2.84. The highest BCUT2D eigenvalue weighted by Crippen LogP contribution is 2.17. The van der Waals surface area contributed by atoms with Crippen LogP contribution in [0, 0.1) is 10.1 Å². The molecule has 1 aliphatic heterocycles. The van der Waals surface area contributed by atoms with Crippen LogP contribution >= 0.6 is 24.0 Å². The largest absolute Gasteiger partial charge is 0.370 e. The number of likely N-dealkylation sites (tertiary alicyclic amines) is 1. The number of nitrogens with zero attached hydrogens (tertiary/aromatic N) is 3. The first-order chi connectivity index (χ1) is 11.4. The third kappa shape index (κ3) is 6.42. The van der Waals surface area contributed by atoms with E-state index in [-0.39, 0.29) is 46.9 Å². The zero-order valence-corrected chi connectivity index (χ0v) is 17.0. The fourth-order valence-corrected chi connectivity index (χ4v) is 3.69. The van der Waals surface area contributed by atoms with Crippen molar-refractivity contribution in [1.82, 2.24) is 4.90 Å². The number of aliphatic imine (C=N–C) groups is 1. The van der Waals surface area contributed by atoms with Gasteiger partial charge in [0.2, 0.25) is 0 Å². The molecule has 1 fully saturated rings. The summed E-state index contributed by atoms with van der Waals surface area (Å²) in [5, 5.41) is 10.6. The molecule has 1 aromatic carbocycles. The monoisotopic (exact) mass is 482 g/mol. The molecule has 0 spiro atoms. The summed E-state index contributed by atoms with van der Waals surface area (Å²) in [6, 6.07) is 4.86. The van der Waals surface area contributed by atoms with Crippen molar-refractivity contribution in [1.29, 1.82) is 0 Å². The molecule has 0 aromatic heterocycles. The minimum absolute atomic E-state index is 0. The first-order valence-electron chi connectivity index (χ1n) is 7.92. The summed E-state index contributed by atoms with van der Waals surface area (Å²) >= 11 is 0. The van der Waals surface area contributed by atoms with Gasteiger partial charge >= 0.3 is 0 Å². The van der Waals surface area contributed by atoms with Crippen molar-refractivity contribution in [3.8, 4) is 0 Å². The number of halogens is 1. The maximum Gasteiger partial charge on any atom is 0.269 e. The summed E-state index contributed by atoms with van der Waals surface area (Å²) in [6.45, 7) is 1.77. The highest BCUT2D eigenvalue weighted by molar-refractivity contribution is 14.0. The fourth-order valence-electron chi connectivity index (χ4n) is 2.57. The van der Waals surface area contributed by atoms with Crippen molar-refractivity contribution in [3.63, 3.8) is 0 Å². The number of guanidine groups is 1. The van der Waals surface area contributed by atoms with E-state index in [2.05, 4.69) is 4.99 Å². The van der Waals surface area contributed by atoms with E-state index in [1.165, 1.54) is 37.1 Å². The number of nitro benzene ring substituents is 1. The molecule has 0 unspecified atom stereocenters. The lowest BCUT2D eigenvalue weighted by molar-refractivity contribution is -0.384. The zero-order chi connectivity index (χ0) is 17.6. The third-order valence-corrected chi connectivity index (χ3v) is 5.68. The number of nitro groups is 1. The van der Waals surface area contributed by atoms with Crippen molar-refractivity contribution in [2.45, 2.75) is 30.6 Å². The molecule has 0 aliphatic carbocycles. The van der Waals surface area contributed by atoms with Gasteiger partial charge in [-0.3, -0.25) is 15.1 Å². The molecule has 1 saturated heterocycles. The summed E-state index contributed by atoms with van der Waals surface area (Å²) < 4.78 is 24.5. The Morgan fingerprint density at radius 1 is 1.16 bits per heavy atom. The number of benzene rings is 1. The van der Waals surface area contributed by atoms with Crippen molar-refractivity contribution in [3.05, 3.63) is 34.4 Å². The van der Waals surface area contributed by atoms with E-state index in [9.17, 15) is 18.5 Å². The van der Waals surface area contributed by atoms with Gasteiger partial charge in [-0.15, -0.1) is 24.0 Å². The number of rotatable bonds is 5. The molecular weight excluding hydrogens is 459 g/mol. The Morgan fingerprint density at radius 3 is 2.24 bits per heavy atom. The van der Waals surface area contributed by atoms with Gasteiger partial charge in [0.15, 0.2) is 15.8 Å². The Morgan fingerprint density at radius 2 is 1.72 bits per heavy atom. The van der Waals surface area contributed by atoms with Crippen LogP contribution in [0.5, 0.6) is 0 Å². The van der Waals surface area contributed by atoms with Crippen LogP contribution in [-0.4, -0.2) is 49.6 Å². The highest BCUT2D eigenvalue weighted by atomic mass is 127. The SMILES string of the molecule is I.NC(=NCCS(=O)(=O)c1ccc([N+](=O)[O-])cc1)N1CCCCCC1. The Hall–Kier alpha value is -1.43. The summed E-state index contributed by atoms with van der Waals surface area (Å²) in [6.07, 6.45) is 4.49. The van der Waals surface area contributed by atoms with Crippen LogP contribution in [0.15, 0.2) is 34.2 Å². The predicted molar refractivity (Wildman–Crippen MR) is 107 cm³/mol. The van der Waals surface area contributed by atoms with E-state index in [4.69, 9.17) is 5.73 Å². The smallest absolute Gasteiger partial charge is 0.269 e. The summed E-state index contributed by atoms with van der Waals surface area (Å²) in [5.74, 6) is 0.204. The van der Waals surface area contributed by atoms with Crippen LogP contribution in [0.1, 0.15) is 25.7 Å². The molecule has 0 saturated carbocycles. The number of hydrogen-bond donors (Lipinski definition) is 1. The van der Waals surface area contributed by atoms with E-state index in [1.807, 2.05) is 4.90 Å². The molecule has 1 heterocycles. The quantitative estimate of drug-likeness (QED) is 0.226. The lowest BCUT2D eigenvalue weighted by Gasteiger charge is -2.21. The minimum Gasteiger partial charge on any atom is -0.370 e. The maximum atomic E-state index is 12.2. The Labute approximate surface area is 164 Å². The first kappa shape index (κ1) is 21.6. The molecule has 1 aliphatic rings. The topological polar surface area (TPSA) is 119 Å². The molecule has 1 aromatic rings. The lowest BCUT2D eigenvalue weighted by Crippen LogP contribution is -2.38. The van der Waals surface area contributed by atoms with Crippen molar-refractivity contribution in [2.24, 2.45) is 10.7 Å². The summed E-state index contributed by atoms with van der Waals surface area (Å²) in [5.41, 5.74) is 5.80. The van der Waals surface area contributed by atoms with Gasteiger partial charge in [0.25, 0.3) is 5.69 Å². The molecule has 0 amide bonds. The second-order valence-corrected chi connectivity index (χ2v) is 7.82. The van der Waals surface area contributed by atoms with Gasteiger partial charge in [-0.1, -0.05) is 12.8 Å². The van der Waals surface area contributed by atoms with E-state index >= 15 is 0 Å². The average molecular weight is 482 g/mol. The Balaban J connectivity index is 0.00000312. The van der Waals surface area contributed by atoms with Crippen LogP contribution in [0.2, 0.25) is 0 Å². The van der Waals surface area contributed by atoms with E-state index in [0.29, 0.717) is 5.96 Å². The van der Waals surface area contributed by atoms with Crippen LogP contribution in [0.4, 0.5) is 5.69 Å². The molecule has 10 heteroatoms. The molecule has 2 rings (SSSR count). The van der Waals surface area contributed by atoms with Crippen molar-refractivity contribution < 1.29 is 13.3 Å². The lowest BCUT2D eigenvalue weighted by atomic mass is 10.2. The molecule has 0 bridgehead atoms. The first-order valence-corrected chi connectivity index (χ1v) is 9.57. The van der Waals surface area contributed by atoms with Gasteiger partial charge in [0, 0.05) is 25.2 Å². The minimum atomic E-state index is -3.54. The van der Waals surface area contributed by atoms with Crippen LogP contribution < -0.4 is 5.73 Å². The van der Waals surface area contributed by atoms with Crippen LogP contribution in [0.25, 0.3) is 0 Å². The highest BCUT2D eigenvalue weighted by Gasteiger charge is 2.16. The molecular formula is C15H23IN4O4S. The Bertz CT molecular complexity index is 699. The Kier molecular flexibility index (Phi) is 8.56. The number of hydrogen-bond acceptors (Lipinski definition) is 5. The molecule has 8 nitrogen and oxygen atoms in total. The van der Waals surface area contributed by atoms with E-state index in [0.717, 1.165) is 25.9 Å². The number of non-ortho nitro benzene ring substituents is 1. The van der Waals surface area contributed by atoms with Crippen LogP contribution in [0.3, 0.4) is 0 Å². The summed E-state index contributed by atoms with van der Waals surface area (Å²) in [7, 11) is -3.54. The van der Waals surface area contributed by atoms with Gasteiger partial charge < -0.3 is 10.6 Å². The zero-order valence-electron chi connectivity index (χ0n) is 13.8. The molecule has 0 radical (unpaired) electrons. The van der Waals surface area contributed by atoms with E-state index in [1.54, 1.807) is 0 Å². The second-order valence-electron chi connectivity index (χ2n) is 5.71. The molecule has 0 atom stereocenters. The second kappa shape index (κ2) is 9.90. The van der Waals surface area contributed by atoms with Gasteiger partial charge in [0.05, 0.1) is 22.1 Å². The number of sulfone groups is 1. The normalized spacial score (nSPS) is 16.0. The van der Waals surface area contributed by atoms with Gasteiger partial charge in [-0.05, 0) is 25.0 Å². The predicted octanol–water partition coefficient (Wildman–Crippen LogP) is 2.18.